The summed E-state index contributed by atoms with van der Waals surface area (Å²) in [6.07, 6.45) is 1.48. The van der Waals surface area contributed by atoms with E-state index in [9.17, 15) is 14.7 Å². The number of aliphatic hydroxyl groups is 1. The fourth-order valence-corrected chi connectivity index (χ4v) is 1.87. The van der Waals surface area contributed by atoms with Crippen molar-refractivity contribution in [3.63, 3.8) is 0 Å². The number of rotatable bonds is 5. The number of amides is 2. The second-order valence-corrected chi connectivity index (χ2v) is 6.92. The lowest BCUT2D eigenvalue weighted by Gasteiger charge is -2.25. The van der Waals surface area contributed by atoms with Crippen molar-refractivity contribution in [3.05, 3.63) is 35.4 Å². The maximum atomic E-state index is 12.0. The van der Waals surface area contributed by atoms with Crippen LogP contribution in [0.1, 0.15) is 54.3 Å². The van der Waals surface area contributed by atoms with Gasteiger partial charge in [-0.1, -0.05) is 20.8 Å². The molecule has 0 radical (unpaired) electrons. The molecule has 1 aromatic carbocycles. The van der Waals surface area contributed by atoms with Gasteiger partial charge in [-0.2, -0.15) is 0 Å². The van der Waals surface area contributed by atoms with Gasteiger partial charge in [0.05, 0.1) is 6.10 Å². The van der Waals surface area contributed by atoms with Gasteiger partial charge in [0.1, 0.15) is 0 Å². The van der Waals surface area contributed by atoms with Gasteiger partial charge >= 0.3 is 0 Å². The predicted molar refractivity (Wildman–Crippen MR) is 84.7 cm³/mol. The van der Waals surface area contributed by atoms with E-state index in [0.717, 1.165) is 12.8 Å². The minimum absolute atomic E-state index is 0.0994. The smallest absolute Gasteiger partial charge is 0.251 e. The third-order valence-corrected chi connectivity index (χ3v) is 3.78. The summed E-state index contributed by atoms with van der Waals surface area (Å²) in [6.45, 7) is 5.94. The second-order valence-electron chi connectivity index (χ2n) is 6.92. The van der Waals surface area contributed by atoms with Gasteiger partial charge in [-0.05, 0) is 42.5 Å². The third-order valence-electron chi connectivity index (χ3n) is 3.78. The fourth-order valence-electron chi connectivity index (χ4n) is 1.87. The first kappa shape index (κ1) is 16.5. The molecule has 1 unspecified atom stereocenters. The van der Waals surface area contributed by atoms with E-state index in [-0.39, 0.29) is 23.8 Å². The highest BCUT2D eigenvalue weighted by atomic mass is 16.3. The molecule has 2 amide bonds. The summed E-state index contributed by atoms with van der Waals surface area (Å²) < 4.78 is 0. The van der Waals surface area contributed by atoms with Gasteiger partial charge in [0, 0.05) is 23.7 Å². The number of aliphatic hydroxyl groups excluding tert-OH is 1. The Bertz CT molecular complexity index is 542. The molecular formula is C17H24N2O3. The Labute approximate surface area is 131 Å². The number of carbonyl (C=O) groups is 2. The molecule has 1 aliphatic rings. The van der Waals surface area contributed by atoms with E-state index in [2.05, 4.69) is 10.6 Å². The molecule has 0 spiro atoms. The standard InChI is InChI=1S/C17H24N2O3/c1-17(2,3)14(20)10-18-15(21)11-4-6-12(7-5-11)16(22)19-13-8-9-13/h4-7,13-14,20H,8-10H2,1-3H3,(H,18,21)(H,19,22). The summed E-state index contributed by atoms with van der Waals surface area (Å²) in [5.74, 6) is -0.352. The lowest BCUT2D eigenvalue weighted by molar-refractivity contribution is 0.0587. The molecule has 120 valence electrons. The Morgan fingerprint density at radius 3 is 2.09 bits per heavy atom. The number of nitrogens with one attached hydrogen (secondary N) is 2. The Kier molecular flexibility index (Phi) is 4.86. The molecule has 1 fully saturated rings. The van der Waals surface area contributed by atoms with Crippen LogP contribution in [0.4, 0.5) is 0 Å². The van der Waals surface area contributed by atoms with E-state index < -0.39 is 6.10 Å². The van der Waals surface area contributed by atoms with E-state index in [4.69, 9.17) is 0 Å². The van der Waals surface area contributed by atoms with E-state index >= 15 is 0 Å². The van der Waals surface area contributed by atoms with Crippen LogP contribution in [-0.2, 0) is 0 Å². The average Bonchev–Trinajstić information content (AvgIpc) is 3.27. The second kappa shape index (κ2) is 6.48. The topological polar surface area (TPSA) is 78.4 Å². The van der Waals surface area contributed by atoms with E-state index in [1.165, 1.54) is 0 Å². The Morgan fingerprint density at radius 1 is 1.14 bits per heavy atom. The van der Waals surface area contributed by atoms with Crippen LogP contribution in [0.15, 0.2) is 24.3 Å². The zero-order chi connectivity index (χ0) is 16.3. The molecule has 0 aromatic heterocycles. The molecule has 2 rings (SSSR count). The maximum Gasteiger partial charge on any atom is 0.251 e. The van der Waals surface area contributed by atoms with Crippen molar-refractivity contribution in [2.24, 2.45) is 5.41 Å². The van der Waals surface area contributed by atoms with Crippen LogP contribution in [0.25, 0.3) is 0 Å². The highest BCUT2D eigenvalue weighted by molar-refractivity contribution is 5.98. The van der Waals surface area contributed by atoms with Gasteiger partial charge in [-0.15, -0.1) is 0 Å². The highest BCUT2D eigenvalue weighted by Crippen LogP contribution is 2.20. The van der Waals surface area contributed by atoms with Crippen molar-refractivity contribution < 1.29 is 14.7 Å². The molecule has 5 nitrogen and oxygen atoms in total. The summed E-state index contributed by atoms with van der Waals surface area (Å²) in [4.78, 5) is 23.9. The summed E-state index contributed by atoms with van der Waals surface area (Å²) in [7, 11) is 0. The van der Waals surface area contributed by atoms with E-state index in [0.29, 0.717) is 17.2 Å². The van der Waals surface area contributed by atoms with Crippen LogP contribution in [0.2, 0.25) is 0 Å². The zero-order valence-corrected chi connectivity index (χ0v) is 13.3. The molecule has 0 bridgehead atoms. The van der Waals surface area contributed by atoms with Crippen molar-refractivity contribution in [1.29, 1.82) is 0 Å². The van der Waals surface area contributed by atoms with Crippen molar-refractivity contribution in [1.82, 2.24) is 10.6 Å². The lowest BCUT2D eigenvalue weighted by atomic mass is 9.89. The molecule has 1 saturated carbocycles. The maximum absolute atomic E-state index is 12.0. The molecule has 0 heterocycles. The average molecular weight is 304 g/mol. The first-order chi connectivity index (χ1) is 10.3. The van der Waals surface area contributed by atoms with Crippen LogP contribution < -0.4 is 10.6 Å². The van der Waals surface area contributed by atoms with Crippen LogP contribution in [0.3, 0.4) is 0 Å². The number of hydrogen-bond acceptors (Lipinski definition) is 3. The monoisotopic (exact) mass is 304 g/mol. The first-order valence-corrected chi connectivity index (χ1v) is 7.64. The molecular weight excluding hydrogens is 280 g/mol. The van der Waals surface area contributed by atoms with Gasteiger partial charge in [-0.3, -0.25) is 9.59 Å². The van der Waals surface area contributed by atoms with Gasteiger partial charge < -0.3 is 15.7 Å². The normalized spacial score (nSPS) is 16.0. The molecule has 1 atom stereocenters. The quantitative estimate of drug-likeness (QED) is 0.775. The summed E-state index contributed by atoms with van der Waals surface area (Å²) in [6, 6.07) is 6.86. The molecule has 1 aliphatic carbocycles. The van der Waals surface area contributed by atoms with Gasteiger partial charge in [0.15, 0.2) is 0 Å². The molecule has 3 N–H and O–H groups in total. The summed E-state index contributed by atoms with van der Waals surface area (Å²) >= 11 is 0. The number of carbonyl (C=O) groups excluding carboxylic acids is 2. The molecule has 0 aliphatic heterocycles. The Hall–Kier alpha value is -1.88. The fraction of sp³-hybridized carbons (Fsp3) is 0.529. The summed E-state index contributed by atoms with van der Waals surface area (Å²) in [5, 5.41) is 15.5. The minimum atomic E-state index is -0.611. The predicted octanol–water partition coefficient (Wildman–Crippen LogP) is 1.72. The third kappa shape index (κ3) is 4.56. The largest absolute Gasteiger partial charge is 0.391 e. The van der Waals surface area contributed by atoms with E-state index in [1.54, 1.807) is 24.3 Å². The molecule has 22 heavy (non-hydrogen) atoms. The van der Waals surface area contributed by atoms with Crippen molar-refractivity contribution in [2.75, 3.05) is 6.54 Å². The van der Waals surface area contributed by atoms with Crippen LogP contribution in [-0.4, -0.2) is 35.6 Å². The van der Waals surface area contributed by atoms with Crippen molar-refractivity contribution in [2.45, 2.75) is 45.8 Å². The molecule has 0 saturated heterocycles. The Morgan fingerprint density at radius 2 is 1.64 bits per heavy atom. The lowest BCUT2D eigenvalue weighted by Crippen LogP contribution is -2.39. The highest BCUT2D eigenvalue weighted by Gasteiger charge is 2.24. The molecule has 5 heteroatoms. The van der Waals surface area contributed by atoms with Crippen LogP contribution in [0, 0.1) is 5.41 Å². The SMILES string of the molecule is CC(C)(C)C(O)CNC(=O)c1ccc(C(=O)NC2CC2)cc1. The summed E-state index contributed by atoms with van der Waals surface area (Å²) in [5.41, 5.74) is 0.750. The zero-order valence-electron chi connectivity index (χ0n) is 13.3. The van der Waals surface area contributed by atoms with Crippen LogP contribution in [0.5, 0.6) is 0 Å². The van der Waals surface area contributed by atoms with Gasteiger partial charge in [0.2, 0.25) is 0 Å². The van der Waals surface area contributed by atoms with Crippen LogP contribution >= 0.6 is 0 Å². The van der Waals surface area contributed by atoms with Gasteiger partial charge in [-0.25, -0.2) is 0 Å². The van der Waals surface area contributed by atoms with Crippen molar-refractivity contribution in [3.8, 4) is 0 Å². The number of hydrogen-bond donors (Lipinski definition) is 3. The minimum Gasteiger partial charge on any atom is -0.391 e. The first-order valence-electron chi connectivity index (χ1n) is 7.64. The van der Waals surface area contributed by atoms with Crippen molar-refractivity contribution >= 4 is 11.8 Å². The molecule has 1 aromatic rings. The Balaban J connectivity index is 1.89. The van der Waals surface area contributed by atoms with Gasteiger partial charge in [0.25, 0.3) is 11.8 Å². The van der Waals surface area contributed by atoms with E-state index in [1.807, 2.05) is 20.8 Å². The number of benzene rings is 1.